The maximum absolute atomic E-state index is 11.0. The van der Waals surface area contributed by atoms with Gasteiger partial charge in [0.25, 0.3) is 0 Å². The lowest BCUT2D eigenvalue weighted by molar-refractivity contribution is 0.0696. The number of ether oxygens (including phenoxy) is 1. The van der Waals surface area contributed by atoms with Gasteiger partial charge in [0.2, 0.25) is 0 Å². The highest BCUT2D eigenvalue weighted by Gasteiger charge is 2.04. The van der Waals surface area contributed by atoms with Crippen LogP contribution in [0.25, 0.3) is 0 Å². The Balaban J connectivity index is 1.48. The minimum absolute atomic E-state index is 0.262. The van der Waals surface area contributed by atoms with Crippen molar-refractivity contribution in [3.8, 4) is 5.75 Å². The Hall–Kier alpha value is -3.31. The van der Waals surface area contributed by atoms with Crippen LogP contribution in [0.5, 0.6) is 5.75 Å². The highest BCUT2D eigenvalue weighted by molar-refractivity contribution is 5.87. The van der Waals surface area contributed by atoms with Crippen LogP contribution >= 0.6 is 0 Å². The van der Waals surface area contributed by atoms with Gasteiger partial charge in [0.1, 0.15) is 12.4 Å². The van der Waals surface area contributed by atoms with Crippen molar-refractivity contribution in [2.75, 3.05) is 5.43 Å². The zero-order chi connectivity index (χ0) is 18.2. The number of carbonyl (C=O) groups is 1. The number of hydrazine groups is 1. The van der Waals surface area contributed by atoms with Gasteiger partial charge in [-0.05, 0) is 47.5 Å². The topological polar surface area (TPSA) is 70.6 Å². The second-order valence-electron chi connectivity index (χ2n) is 5.78. The molecule has 0 aliphatic rings. The van der Waals surface area contributed by atoms with Crippen molar-refractivity contribution in [2.45, 2.75) is 13.2 Å². The Bertz CT molecular complexity index is 849. The number of aromatic carboxylic acids is 1. The second-order valence-corrected chi connectivity index (χ2v) is 5.78. The molecule has 0 heterocycles. The summed E-state index contributed by atoms with van der Waals surface area (Å²) in [6.45, 7) is 1.00. The first-order valence-electron chi connectivity index (χ1n) is 8.28. The van der Waals surface area contributed by atoms with Crippen molar-refractivity contribution in [1.29, 1.82) is 0 Å². The van der Waals surface area contributed by atoms with Crippen LogP contribution in [0.4, 0.5) is 5.69 Å². The molecule has 3 N–H and O–H groups in total. The Morgan fingerprint density at radius 2 is 1.65 bits per heavy atom. The number of hydrogen-bond acceptors (Lipinski definition) is 4. The molecule has 0 atom stereocenters. The predicted molar refractivity (Wildman–Crippen MR) is 101 cm³/mol. The van der Waals surface area contributed by atoms with Crippen molar-refractivity contribution >= 4 is 11.7 Å². The minimum atomic E-state index is -0.937. The molecule has 0 spiro atoms. The van der Waals surface area contributed by atoms with Crippen LogP contribution in [0.2, 0.25) is 0 Å². The fourth-order valence-corrected chi connectivity index (χ4v) is 2.43. The standard InChI is InChI=1S/C21H20N2O3/c24-21(25)18-6-4-5-17(13-18)15-26-20-11-9-16(10-12-20)14-22-23-19-7-2-1-3-8-19/h1-13,22-23H,14-15H2,(H,24,25). The zero-order valence-electron chi connectivity index (χ0n) is 14.2. The number of rotatable bonds is 8. The van der Waals surface area contributed by atoms with Gasteiger partial charge in [-0.2, -0.15) is 0 Å². The fourth-order valence-electron chi connectivity index (χ4n) is 2.43. The molecule has 0 aliphatic heterocycles. The third-order valence-corrected chi connectivity index (χ3v) is 3.80. The van der Waals surface area contributed by atoms with Crippen molar-refractivity contribution in [2.24, 2.45) is 0 Å². The summed E-state index contributed by atoms with van der Waals surface area (Å²) in [6, 6.07) is 24.4. The third kappa shape index (κ3) is 5.09. The molecule has 0 bridgehead atoms. The van der Waals surface area contributed by atoms with E-state index < -0.39 is 5.97 Å². The molecule has 3 aromatic rings. The fraction of sp³-hybridized carbons (Fsp3) is 0.0952. The summed E-state index contributed by atoms with van der Waals surface area (Å²) in [4.78, 5) is 11.0. The summed E-state index contributed by atoms with van der Waals surface area (Å²) in [5.74, 6) is -0.196. The van der Waals surface area contributed by atoms with Gasteiger partial charge in [-0.25, -0.2) is 10.2 Å². The van der Waals surface area contributed by atoms with Gasteiger partial charge in [0.05, 0.1) is 5.56 Å². The number of para-hydroxylation sites is 1. The lowest BCUT2D eigenvalue weighted by Gasteiger charge is -2.10. The van der Waals surface area contributed by atoms with Crippen molar-refractivity contribution in [1.82, 2.24) is 5.43 Å². The average molecular weight is 348 g/mol. The Kier molecular flexibility index (Phi) is 5.85. The number of anilines is 1. The smallest absolute Gasteiger partial charge is 0.335 e. The summed E-state index contributed by atoms with van der Waals surface area (Å²) in [7, 11) is 0. The van der Waals surface area contributed by atoms with Crippen LogP contribution in [0.1, 0.15) is 21.5 Å². The molecule has 132 valence electrons. The summed E-state index contributed by atoms with van der Waals surface area (Å²) in [6.07, 6.45) is 0. The van der Waals surface area contributed by atoms with Gasteiger partial charge in [0, 0.05) is 12.2 Å². The van der Waals surface area contributed by atoms with Crippen LogP contribution in [-0.2, 0) is 13.2 Å². The van der Waals surface area contributed by atoms with E-state index in [4.69, 9.17) is 9.84 Å². The number of carboxylic acid groups (broad SMARTS) is 1. The lowest BCUT2D eigenvalue weighted by atomic mass is 10.1. The van der Waals surface area contributed by atoms with E-state index in [0.29, 0.717) is 13.2 Å². The molecular weight excluding hydrogens is 328 g/mol. The molecule has 0 saturated heterocycles. The van der Waals surface area contributed by atoms with E-state index in [2.05, 4.69) is 10.9 Å². The van der Waals surface area contributed by atoms with Gasteiger partial charge < -0.3 is 15.3 Å². The molecule has 0 radical (unpaired) electrons. The number of carboxylic acids is 1. The lowest BCUT2D eigenvalue weighted by Crippen LogP contribution is -2.20. The van der Waals surface area contributed by atoms with Crippen LogP contribution in [0.3, 0.4) is 0 Å². The van der Waals surface area contributed by atoms with Gasteiger partial charge in [-0.1, -0.05) is 42.5 Å². The van der Waals surface area contributed by atoms with E-state index in [9.17, 15) is 4.79 Å². The Morgan fingerprint density at radius 3 is 2.38 bits per heavy atom. The van der Waals surface area contributed by atoms with Crippen molar-refractivity contribution < 1.29 is 14.6 Å². The van der Waals surface area contributed by atoms with Gasteiger partial charge in [-0.15, -0.1) is 0 Å². The largest absolute Gasteiger partial charge is 0.489 e. The minimum Gasteiger partial charge on any atom is -0.489 e. The maximum Gasteiger partial charge on any atom is 0.335 e. The predicted octanol–water partition coefficient (Wildman–Crippen LogP) is 4.08. The quantitative estimate of drug-likeness (QED) is 0.535. The molecule has 0 fully saturated rings. The zero-order valence-corrected chi connectivity index (χ0v) is 14.2. The van der Waals surface area contributed by atoms with E-state index in [0.717, 1.165) is 22.6 Å². The number of hydrogen-bond donors (Lipinski definition) is 3. The van der Waals surface area contributed by atoms with Gasteiger partial charge >= 0.3 is 5.97 Å². The Labute approximate surface area is 152 Å². The second kappa shape index (κ2) is 8.69. The number of benzene rings is 3. The van der Waals surface area contributed by atoms with Gasteiger partial charge in [0.15, 0.2) is 0 Å². The van der Waals surface area contributed by atoms with E-state index >= 15 is 0 Å². The molecule has 5 nitrogen and oxygen atoms in total. The first kappa shape index (κ1) is 17.5. The molecule has 0 aliphatic carbocycles. The third-order valence-electron chi connectivity index (χ3n) is 3.80. The molecule has 0 amide bonds. The molecule has 3 aromatic carbocycles. The molecule has 26 heavy (non-hydrogen) atoms. The number of nitrogens with one attached hydrogen (secondary N) is 2. The molecule has 0 aromatic heterocycles. The van der Waals surface area contributed by atoms with E-state index in [-0.39, 0.29) is 5.56 Å². The van der Waals surface area contributed by atoms with Crippen LogP contribution in [0.15, 0.2) is 78.9 Å². The highest BCUT2D eigenvalue weighted by atomic mass is 16.5. The average Bonchev–Trinajstić information content (AvgIpc) is 2.68. The molecule has 3 rings (SSSR count). The molecule has 0 unspecified atom stereocenters. The summed E-state index contributed by atoms with van der Waals surface area (Å²) in [5.41, 5.74) is 9.52. The van der Waals surface area contributed by atoms with Crippen LogP contribution < -0.4 is 15.6 Å². The summed E-state index contributed by atoms with van der Waals surface area (Å²) < 4.78 is 5.73. The Morgan fingerprint density at radius 1 is 0.885 bits per heavy atom. The van der Waals surface area contributed by atoms with E-state index in [1.807, 2.05) is 60.7 Å². The summed E-state index contributed by atoms with van der Waals surface area (Å²) in [5, 5.41) is 9.02. The van der Waals surface area contributed by atoms with E-state index in [1.54, 1.807) is 18.2 Å². The normalized spacial score (nSPS) is 10.3. The van der Waals surface area contributed by atoms with Crippen LogP contribution in [-0.4, -0.2) is 11.1 Å². The maximum atomic E-state index is 11.0. The SMILES string of the molecule is O=C(O)c1cccc(COc2ccc(CNNc3ccccc3)cc2)c1. The van der Waals surface area contributed by atoms with Crippen molar-refractivity contribution in [3.05, 3.63) is 95.6 Å². The molecule has 0 saturated carbocycles. The van der Waals surface area contributed by atoms with Gasteiger partial charge in [-0.3, -0.25) is 0 Å². The molecular formula is C21H20N2O3. The summed E-state index contributed by atoms with van der Waals surface area (Å²) >= 11 is 0. The van der Waals surface area contributed by atoms with Crippen LogP contribution in [0, 0.1) is 0 Å². The first-order valence-corrected chi connectivity index (χ1v) is 8.28. The molecule has 5 heteroatoms. The van der Waals surface area contributed by atoms with E-state index in [1.165, 1.54) is 0 Å². The first-order chi connectivity index (χ1) is 12.7. The monoisotopic (exact) mass is 348 g/mol. The van der Waals surface area contributed by atoms with Crippen molar-refractivity contribution in [3.63, 3.8) is 0 Å². The highest BCUT2D eigenvalue weighted by Crippen LogP contribution is 2.15.